The van der Waals surface area contributed by atoms with E-state index in [2.05, 4.69) is 10.3 Å². The fourth-order valence-electron chi connectivity index (χ4n) is 1.79. The van der Waals surface area contributed by atoms with E-state index in [4.69, 9.17) is 9.84 Å². The highest BCUT2D eigenvalue weighted by Crippen LogP contribution is 2.21. The minimum Gasteiger partial charge on any atom is -0.475 e. The van der Waals surface area contributed by atoms with Gasteiger partial charge in [-0.15, -0.1) is 0 Å². The van der Waals surface area contributed by atoms with E-state index in [9.17, 15) is 0 Å². The Balaban J connectivity index is 1.84. The monoisotopic (exact) mass is 254 g/mol. The first kappa shape index (κ1) is 12.5. The van der Waals surface area contributed by atoms with E-state index in [0.717, 1.165) is 5.69 Å². The first-order valence-electron chi connectivity index (χ1n) is 5.92. The van der Waals surface area contributed by atoms with Gasteiger partial charge in [-0.25, -0.2) is 4.98 Å². The van der Waals surface area contributed by atoms with Crippen molar-refractivity contribution in [1.29, 1.82) is 0 Å². The number of hydrogen-bond donors (Lipinski definition) is 2. The fourth-order valence-corrected chi connectivity index (χ4v) is 2.86. The molecule has 17 heavy (non-hydrogen) atoms. The van der Waals surface area contributed by atoms with E-state index in [1.165, 1.54) is 24.3 Å². The second kappa shape index (κ2) is 6.71. The molecule has 0 bridgehead atoms. The third-order valence-electron chi connectivity index (χ3n) is 2.61. The summed E-state index contributed by atoms with van der Waals surface area (Å²) >= 11 is 2.00. The molecular formula is C12H18N2O2S. The molecule has 4 nitrogen and oxygen atoms in total. The van der Waals surface area contributed by atoms with Gasteiger partial charge < -0.3 is 15.2 Å². The van der Waals surface area contributed by atoms with E-state index >= 15 is 0 Å². The van der Waals surface area contributed by atoms with Gasteiger partial charge in [0.25, 0.3) is 0 Å². The van der Waals surface area contributed by atoms with E-state index in [0.29, 0.717) is 18.5 Å². The van der Waals surface area contributed by atoms with Gasteiger partial charge >= 0.3 is 0 Å². The first-order valence-corrected chi connectivity index (χ1v) is 7.08. The minimum atomic E-state index is 0.0149. The lowest BCUT2D eigenvalue weighted by Crippen LogP contribution is -2.25. The van der Waals surface area contributed by atoms with Crippen molar-refractivity contribution in [3.63, 3.8) is 0 Å². The molecule has 2 N–H and O–H groups in total. The van der Waals surface area contributed by atoms with Crippen LogP contribution < -0.4 is 10.1 Å². The topological polar surface area (TPSA) is 54.4 Å². The van der Waals surface area contributed by atoms with Crippen LogP contribution in [0.4, 0.5) is 5.69 Å². The van der Waals surface area contributed by atoms with Crippen LogP contribution in [0, 0.1) is 0 Å². The highest BCUT2D eigenvalue weighted by atomic mass is 32.2. The number of aliphatic hydroxyl groups excluding tert-OH is 1. The van der Waals surface area contributed by atoms with Gasteiger partial charge in [-0.1, -0.05) is 0 Å². The summed E-state index contributed by atoms with van der Waals surface area (Å²) in [6, 6.07) is 4.35. The lowest BCUT2D eigenvalue weighted by Gasteiger charge is -2.23. The number of nitrogens with zero attached hydrogens (tertiary/aromatic N) is 1. The Morgan fingerprint density at radius 2 is 2.47 bits per heavy atom. The second-order valence-electron chi connectivity index (χ2n) is 4.02. The predicted molar refractivity (Wildman–Crippen MR) is 70.8 cm³/mol. The molecule has 2 rings (SSSR count). The zero-order valence-corrected chi connectivity index (χ0v) is 10.6. The molecule has 1 fully saturated rings. The van der Waals surface area contributed by atoms with Crippen LogP contribution in [0.2, 0.25) is 0 Å². The summed E-state index contributed by atoms with van der Waals surface area (Å²) in [5, 5.41) is 12.1. The number of rotatable bonds is 5. The number of nitrogens with one attached hydrogen (secondary N) is 1. The largest absolute Gasteiger partial charge is 0.475 e. The highest BCUT2D eigenvalue weighted by molar-refractivity contribution is 7.99. The maximum Gasteiger partial charge on any atom is 0.213 e. The molecule has 0 saturated carbocycles. The van der Waals surface area contributed by atoms with Crippen molar-refractivity contribution < 1.29 is 9.84 Å². The molecule has 1 atom stereocenters. The summed E-state index contributed by atoms with van der Waals surface area (Å²) in [5.74, 6) is 3.01. The summed E-state index contributed by atoms with van der Waals surface area (Å²) in [5.41, 5.74) is 1.04. The lowest BCUT2D eigenvalue weighted by molar-refractivity contribution is 0.196. The van der Waals surface area contributed by atoms with Crippen molar-refractivity contribution in [2.24, 2.45) is 0 Å². The standard InChI is InChI=1S/C12H18N2O2S/c15-5-6-16-12-4-3-10(8-13-12)14-11-2-1-7-17-9-11/h3-4,8,11,14-15H,1-2,5-7,9H2/t11-/m0/s1. The molecule has 94 valence electrons. The number of anilines is 1. The zero-order chi connectivity index (χ0) is 11.9. The molecule has 0 spiro atoms. The number of thioether (sulfide) groups is 1. The predicted octanol–water partition coefficient (Wildman–Crippen LogP) is 1.76. The van der Waals surface area contributed by atoms with Gasteiger partial charge in [-0.2, -0.15) is 11.8 Å². The van der Waals surface area contributed by atoms with Crippen LogP contribution in [-0.2, 0) is 0 Å². The van der Waals surface area contributed by atoms with Gasteiger partial charge in [0, 0.05) is 17.9 Å². The Morgan fingerprint density at radius 3 is 3.12 bits per heavy atom. The average molecular weight is 254 g/mol. The van der Waals surface area contributed by atoms with E-state index in [1.54, 1.807) is 6.20 Å². The molecule has 2 heterocycles. The smallest absolute Gasteiger partial charge is 0.213 e. The number of ether oxygens (including phenoxy) is 1. The molecule has 1 aromatic heterocycles. The molecule has 0 unspecified atom stereocenters. The van der Waals surface area contributed by atoms with Crippen LogP contribution in [0.5, 0.6) is 5.88 Å². The molecule has 0 radical (unpaired) electrons. The number of aromatic nitrogens is 1. The number of pyridine rings is 1. The van der Waals surface area contributed by atoms with E-state index in [-0.39, 0.29) is 6.61 Å². The Labute approximate surface area is 106 Å². The second-order valence-corrected chi connectivity index (χ2v) is 5.17. The third kappa shape index (κ3) is 4.09. The Kier molecular flexibility index (Phi) is 4.94. The molecule has 1 aliphatic heterocycles. The van der Waals surface area contributed by atoms with Gasteiger partial charge in [0.1, 0.15) is 6.61 Å². The quantitative estimate of drug-likeness (QED) is 0.838. The van der Waals surface area contributed by atoms with Crippen molar-refractivity contribution in [2.75, 3.05) is 30.0 Å². The van der Waals surface area contributed by atoms with Crippen LogP contribution in [0.1, 0.15) is 12.8 Å². The van der Waals surface area contributed by atoms with E-state index in [1.807, 2.05) is 23.9 Å². The average Bonchev–Trinajstić information content (AvgIpc) is 2.39. The van der Waals surface area contributed by atoms with Gasteiger partial charge in [0.05, 0.1) is 18.5 Å². The van der Waals surface area contributed by atoms with E-state index < -0.39 is 0 Å². The number of aliphatic hydroxyl groups is 1. The van der Waals surface area contributed by atoms with Crippen molar-refractivity contribution in [3.05, 3.63) is 18.3 Å². The molecule has 1 saturated heterocycles. The minimum absolute atomic E-state index is 0.0149. The van der Waals surface area contributed by atoms with Crippen LogP contribution >= 0.6 is 11.8 Å². The van der Waals surface area contributed by atoms with Gasteiger partial charge in [-0.3, -0.25) is 0 Å². The summed E-state index contributed by atoms with van der Waals surface area (Å²) < 4.78 is 5.21. The Bertz CT molecular complexity index is 326. The molecule has 1 aromatic rings. The molecule has 5 heteroatoms. The summed E-state index contributed by atoms with van der Waals surface area (Å²) in [7, 11) is 0. The molecule has 0 amide bonds. The molecule has 0 aliphatic carbocycles. The van der Waals surface area contributed by atoms with Crippen LogP contribution in [0.15, 0.2) is 18.3 Å². The molecule has 1 aliphatic rings. The van der Waals surface area contributed by atoms with Crippen LogP contribution in [0.3, 0.4) is 0 Å². The van der Waals surface area contributed by atoms with Crippen molar-refractivity contribution in [1.82, 2.24) is 4.98 Å². The zero-order valence-electron chi connectivity index (χ0n) is 9.76. The first-order chi connectivity index (χ1) is 8.38. The fraction of sp³-hybridized carbons (Fsp3) is 0.583. The maximum absolute atomic E-state index is 8.63. The third-order valence-corrected chi connectivity index (χ3v) is 3.82. The van der Waals surface area contributed by atoms with Crippen molar-refractivity contribution in [2.45, 2.75) is 18.9 Å². The summed E-state index contributed by atoms with van der Waals surface area (Å²) in [4.78, 5) is 4.18. The van der Waals surface area contributed by atoms with Gasteiger partial charge in [-0.05, 0) is 24.7 Å². The summed E-state index contributed by atoms with van der Waals surface area (Å²) in [6.07, 6.45) is 4.30. The van der Waals surface area contributed by atoms with Gasteiger partial charge in [0.15, 0.2) is 0 Å². The Hall–Kier alpha value is -0.940. The molecule has 0 aromatic carbocycles. The lowest BCUT2D eigenvalue weighted by atomic mass is 10.2. The highest BCUT2D eigenvalue weighted by Gasteiger charge is 2.13. The van der Waals surface area contributed by atoms with Crippen LogP contribution in [0.25, 0.3) is 0 Å². The normalized spacial score (nSPS) is 19.9. The maximum atomic E-state index is 8.63. The van der Waals surface area contributed by atoms with Crippen molar-refractivity contribution >= 4 is 17.4 Å². The van der Waals surface area contributed by atoms with Gasteiger partial charge in [0.2, 0.25) is 5.88 Å². The molecular weight excluding hydrogens is 236 g/mol. The summed E-state index contributed by atoms with van der Waals surface area (Å²) in [6.45, 7) is 0.306. The van der Waals surface area contributed by atoms with Crippen LogP contribution in [-0.4, -0.2) is 40.9 Å². The Morgan fingerprint density at radius 1 is 1.53 bits per heavy atom. The number of hydrogen-bond acceptors (Lipinski definition) is 5. The van der Waals surface area contributed by atoms with Crippen molar-refractivity contribution in [3.8, 4) is 5.88 Å². The SMILES string of the molecule is OCCOc1ccc(N[C@H]2CCCSC2)cn1.